The zero-order valence-corrected chi connectivity index (χ0v) is 13.1. The maximum absolute atomic E-state index is 12.6. The van der Waals surface area contributed by atoms with Gasteiger partial charge in [0.05, 0.1) is 12.5 Å². The lowest BCUT2D eigenvalue weighted by Crippen LogP contribution is -2.48. The molecule has 2 bridgehead atoms. The van der Waals surface area contributed by atoms with Crippen LogP contribution in [0.5, 0.6) is 0 Å². The van der Waals surface area contributed by atoms with Crippen molar-refractivity contribution in [2.24, 2.45) is 5.92 Å². The van der Waals surface area contributed by atoms with E-state index in [2.05, 4.69) is 5.32 Å². The lowest BCUT2D eigenvalue weighted by atomic mass is 9.89. The zero-order chi connectivity index (χ0) is 14.8. The smallest absolute Gasteiger partial charge is 0.305 e. The third kappa shape index (κ3) is 3.72. The van der Waals surface area contributed by atoms with Crippen LogP contribution in [0.25, 0.3) is 0 Å². The molecule has 0 radical (unpaired) electrons. The molecule has 3 aliphatic rings. The van der Waals surface area contributed by atoms with Crippen molar-refractivity contribution in [2.45, 2.75) is 56.7 Å². The summed E-state index contributed by atoms with van der Waals surface area (Å²) >= 11 is 1.76. The third-order valence-corrected chi connectivity index (χ3v) is 6.08. The molecule has 3 unspecified atom stereocenters. The number of carbonyl (C=O) groups excluding carboxylic acids is 1. The number of carbonyl (C=O) groups is 2. The van der Waals surface area contributed by atoms with Crippen molar-refractivity contribution in [1.29, 1.82) is 0 Å². The molecule has 0 saturated carbocycles. The van der Waals surface area contributed by atoms with Gasteiger partial charge in [0.15, 0.2) is 0 Å². The van der Waals surface area contributed by atoms with E-state index in [0.717, 1.165) is 24.3 Å². The molecule has 3 rings (SSSR count). The molecule has 0 aromatic heterocycles. The van der Waals surface area contributed by atoms with Crippen LogP contribution in [0, 0.1) is 5.92 Å². The highest BCUT2D eigenvalue weighted by molar-refractivity contribution is 7.99. The first-order valence-electron chi connectivity index (χ1n) is 7.97. The molecule has 21 heavy (non-hydrogen) atoms. The minimum absolute atomic E-state index is 0.0796. The molecule has 3 atom stereocenters. The van der Waals surface area contributed by atoms with Gasteiger partial charge in [-0.15, -0.1) is 0 Å². The summed E-state index contributed by atoms with van der Waals surface area (Å²) in [6.07, 6.45) is 5.39. The van der Waals surface area contributed by atoms with Crippen molar-refractivity contribution < 1.29 is 14.7 Å². The van der Waals surface area contributed by atoms with E-state index in [-0.39, 0.29) is 18.4 Å². The van der Waals surface area contributed by atoms with Crippen LogP contribution in [0.15, 0.2) is 0 Å². The van der Waals surface area contributed by atoms with E-state index in [1.165, 1.54) is 12.8 Å². The normalized spacial score (nSPS) is 35.7. The molecule has 5 nitrogen and oxygen atoms in total. The van der Waals surface area contributed by atoms with Crippen molar-refractivity contribution in [3.8, 4) is 0 Å². The number of aliphatic carboxylic acids is 1. The van der Waals surface area contributed by atoms with Gasteiger partial charge in [-0.25, -0.2) is 0 Å². The highest BCUT2D eigenvalue weighted by Crippen LogP contribution is 2.33. The molecule has 0 aromatic carbocycles. The summed E-state index contributed by atoms with van der Waals surface area (Å²) in [5.74, 6) is 1.54. The number of carboxylic acid groups (broad SMARTS) is 1. The molecule has 2 N–H and O–H groups in total. The van der Waals surface area contributed by atoms with E-state index in [1.807, 2.05) is 4.90 Å². The van der Waals surface area contributed by atoms with Crippen LogP contribution in [-0.4, -0.2) is 58.1 Å². The summed E-state index contributed by atoms with van der Waals surface area (Å²) < 4.78 is 0. The van der Waals surface area contributed by atoms with Crippen molar-refractivity contribution >= 4 is 23.6 Å². The van der Waals surface area contributed by atoms with Crippen LogP contribution in [0.1, 0.15) is 38.5 Å². The summed E-state index contributed by atoms with van der Waals surface area (Å²) in [4.78, 5) is 25.4. The Balaban J connectivity index is 1.56. The predicted octanol–water partition coefficient (Wildman–Crippen LogP) is 1.33. The van der Waals surface area contributed by atoms with Crippen LogP contribution in [0.4, 0.5) is 0 Å². The van der Waals surface area contributed by atoms with E-state index < -0.39 is 5.97 Å². The zero-order valence-electron chi connectivity index (χ0n) is 12.3. The van der Waals surface area contributed by atoms with E-state index in [9.17, 15) is 9.59 Å². The van der Waals surface area contributed by atoms with Gasteiger partial charge >= 0.3 is 5.97 Å². The first-order chi connectivity index (χ1) is 10.1. The van der Waals surface area contributed by atoms with Gasteiger partial charge in [-0.1, -0.05) is 0 Å². The standard InChI is InChI=1S/C15H24N2O3S/c18-14(7-10-5-11-1-2-12(6-10)16-11)17-3-4-21-9-13(17)8-15(19)20/h10-13,16H,1-9H2,(H,19,20). The Morgan fingerprint density at radius 2 is 1.90 bits per heavy atom. The Labute approximate surface area is 129 Å². The molecular weight excluding hydrogens is 288 g/mol. The Morgan fingerprint density at radius 1 is 1.19 bits per heavy atom. The molecule has 6 heteroatoms. The average Bonchev–Trinajstić information content (AvgIpc) is 2.78. The first kappa shape index (κ1) is 15.2. The fourth-order valence-electron chi connectivity index (χ4n) is 4.06. The first-order valence-corrected chi connectivity index (χ1v) is 9.12. The third-order valence-electron chi connectivity index (χ3n) is 4.99. The predicted molar refractivity (Wildman–Crippen MR) is 82.4 cm³/mol. The van der Waals surface area contributed by atoms with Crippen molar-refractivity contribution in [3.05, 3.63) is 0 Å². The molecule has 3 aliphatic heterocycles. The second-order valence-electron chi connectivity index (χ2n) is 6.59. The number of piperidine rings is 1. The number of hydrogen-bond donors (Lipinski definition) is 2. The second-order valence-corrected chi connectivity index (χ2v) is 7.74. The van der Waals surface area contributed by atoms with Gasteiger partial charge in [0.25, 0.3) is 0 Å². The van der Waals surface area contributed by atoms with E-state index in [4.69, 9.17) is 5.11 Å². The summed E-state index contributed by atoms with van der Waals surface area (Å²) in [6.45, 7) is 0.708. The van der Waals surface area contributed by atoms with E-state index in [1.54, 1.807) is 11.8 Å². The van der Waals surface area contributed by atoms with Gasteiger partial charge in [0, 0.05) is 36.6 Å². The minimum Gasteiger partial charge on any atom is -0.481 e. The summed E-state index contributed by atoms with van der Waals surface area (Å²) in [5, 5.41) is 12.6. The molecule has 0 aromatic rings. The number of rotatable bonds is 4. The topological polar surface area (TPSA) is 69.6 Å². The maximum Gasteiger partial charge on any atom is 0.305 e. The lowest BCUT2D eigenvalue weighted by molar-refractivity contribution is -0.140. The van der Waals surface area contributed by atoms with Gasteiger partial charge < -0.3 is 15.3 Å². The fraction of sp³-hybridized carbons (Fsp3) is 0.867. The molecule has 0 aliphatic carbocycles. The largest absolute Gasteiger partial charge is 0.481 e. The number of amides is 1. The minimum atomic E-state index is -0.805. The molecule has 3 saturated heterocycles. The molecule has 3 fully saturated rings. The van der Waals surface area contributed by atoms with Crippen LogP contribution in [0.3, 0.4) is 0 Å². The summed E-state index contributed by atoms with van der Waals surface area (Å²) in [6, 6.07) is 1.09. The van der Waals surface area contributed by atoms with Crippen molar-refractivity contribution in [3.63, 3.8) is 0 Å². The monoisotopic (exact) mass is 312 g/mol. The molecular formula is C15H24N2O3S. The van der Waals surface area contributed by atoms with Crippen LogP contribution >= 0.6 is 11.8 Å². The Bertz CT molecular complexity index is 406. The van der Waals surface area contributed by atoms with Gasteiger partial charge in [-0.2, -0.15) is 11.8 Å². The molecule has 1 amide bonds. The SMILES string of the molecule is O=C(O)CC1CSCCN1C(=O)CC1CC2CCC(C1)N2. The van der Waals surface area contributed by atoms with Crippen LogP contribution < -0.4 is 5.32 Å². The fourth-order valence-corrected chi connectivity index (χ4v) is 5.12. The van der Waals surface area contributed by atoms with Crippen molar-refractivity contribution in [1.82, 2.24) is 10.2 Å². The Morgan fingerprint density at radius 3 is 2.57 bits per heavy atom. The number of carboxylic acids is 1. The summed E-state index contributed by atoms with van der Waals surface area (Å²) in [7, 11) is 0. The number of nitrogens with one attached hydrogen (secondary N) is 1. The van der Waals surface area contributed by atoms with Crippen molar-refractivity contribution in [2.75, 3.05) is 18.1 Å². The van der Waals surface area contributed by atoms with Gasteiger partial charge in [0.1, 0.15) is 0 Å². The van der Waals surface area contributed by atoms with Gasteiger partial charge in [0.2, 0.25) is 5.91 Å². The van der Waals surface area contributed by atoms with E-state index in [0.29, 0.717) is 31.0 Å². The van der Waals surface area contributed by atoms with E-state index >= 15 is 0 Å². The Hall–Kier alpha value is -0.750. The highest BCUT2D eigenvalue weighted by Gasteiger charge is 2.36. The molecule has 0 spiro atoms. The van der Waals surface area contributed by atoms with Gasteiger partial charge in [-0.05, 0) is 31.6 Å². The number of fused-ring (bicyclic) bond motifs is 2. The van der Waals surface area contributed by atoms with Crippen LogP contribution in [-0.2, 0) is 9.59 Å². The quantitative estimate of drug-likeness (QED) is 0.819. The number of hydrogen-bond acceptors (Lipinski definition) is 4. The molecule has 118 valence electrons. The summed E-state index contributed by atoms with van der Waals surface area (Å²) in [5.41, 5.74) is 0. The van der Waals surface area contributed by atoms with Gasteiger partial charge in [-0.3, -0.25) is 9.59 Å². The second kappa shape index (κ2) is 6.57. The average molecular weight is 312 g/mol. The number of nitrogens with zero attached hydrogens (tertiary/aromatic N) is 1. The molecule has 3 heterocycles. The highest BCUT2D eigenvalue weighted by atomic mass is 32.2. The maximum atomic E-state index is 12.6. The lowest BCUT2D eigenvalue weighted by Gasteiger charge is -2.36. The Kier molecular flexibility index (Phi) is 4.74. The number of thioether (sulfide) groups is 1. The van der Waals surface area contributed by atoms with Crippen LogP contribution in [0.2, 0.25) is 0 Å².